The van der Waals surface area contributed by atoms with E-state index in [1.165, 1.54) is 0 Å². The first kappa shape index (κ1) is 19.6. The number of carbonyl (C=O) groups excluding carboxylic acids is 1. The lowest BCUT2D eigenvalue weighted by Crippen LogP contribution is -2.51. The highest BCUT2D eigenvalue weighted by molar-refractivity contribution is 9.10. The third-order valence-corrected chi connectivity index (χ3v) is 4.28. The average Bonchev–Trinajstić information content (AvgIpc) is 2.60. The van der Waals surface area contributed by atoms with Crippen LogP contribution in [0.2, 0.25) is 0 Å². The highest BCUT2D eigenvalue weighted by Crippen LogP contribution is 2.35. The first-order chi connectivity index (χ1) is 12.8. The van der Waals surface area contributed by atoms with Gasteiger partial charge in [-0.2, -0.15) is 0 Å². The zero-order chi connectivity index (χ0) is 19.4. The van der Waals surface area contributed by atoms with Crippen LogP contribution in [0.5, 0.6) is 5.88 Å². The third kappa shape index (κ3) is 5.20. The molecule has 0 spiro atoms. The van der Waals surface area contributed by atoms with Crippen molar-refractivity contribution in [2.45, 2.75) is 39.0 Å². The van der Waals surface area contributed by atoms with Crippen LogP contribution in [-0.4, -0.2) is 35.9 Å². The molecule has 0 radical (unpaired) electrons. The van der Waals surface area contributed by atoms with E-state index in [4.69, 9.17) is 14.2 Å². The molecular weight excluding hydrogens is 412 g/mol. The second-order valence-corrected chi connectivity index (χ2v) is 8.21. The van der Waals surface area contributed by atoms with Gasteiger partial charge in [0.25, 0.3) is 0 Å². The number of aromatic nitrogens is 1. The Hall–Kier alpha value is -2.12. The summed E-state index contributed by atoms with van der Waals surface area (Å²) in [6.07, 6.45) is 1.19. The molecule has 3 rings (SSSR count). The molecule has 7 heteroatoms. The summed E-state index contributed by atoms with van der Waals surface area (Å²) in [5.41, 5.74) is 1.03. The van der Waals surface area contributed by atoms with E-state index in [0.29, 0.717) is 24.8 Å². The summed E-state index contributed by atoms with van der Waals surface area (Å²) in [5, 5.41) is 0. The number of carbonyl (C=O) groups is 1. The fourth-order valence-electron chi connectivity index (χ4n) is 2.71. The van der Waals surface area contributed by atoms with Gasteiger partial charge in [0.15, 0.2) is 0 Å². The Bertz CT molecular complexity index is 792. The summed E-state index contributed by atoms with van der Waals surface area (Å²) < 4.78 is 18.0. The molecule has 1 aromatic heterocycles. The van der Waals surface area contributed by atoms with Gasteiger partial charge in [-0.3, -0.25) is 4.90 Å². The molecule has 0 unspecified atom stereocenters. The van der Waals surface area contributed by atoms with Gasteiger partial charge < -0.3 is 14.2 Å². The van der Waals surface area contributed by atoms with E-state index in [1.807, 2.05) is 51.1 Å². The molecule has 0 saturated heterocycles. The number of anilines is 1. The SMILES string of the molecule is CC(C)(C)OC(=O)N1c2cc(Br)cnc2OC[C@@H]1COCc1ccccc1. The van der Waals surface area contributed by atoms with Crippen LogP contribution in [-0.2, 0) is 16.1 Å². The molecule has 0 aliphatic carbocycles. The highest BCUT2D eigenvalue weighted by atomic mass is 79.9. The van der Waals surface area contributed by atoms with Gasteiger partial charge in [-0.15, -0.1) is 0 Å². The van der Waals surface area contributed by atoms with Crippen molar-refractivity contribution < 1.29 is 19.0 Å². The number of halogens is 1. The Morgan fingerprint density at radius 1 is 1.33 bits per heavy atom. The fraction of sp³-hybridized carbons (Fsp3) is 0.400. The standard InChI is InChI=1S/C20H23BrN2O4/c1-20(2,3)27-19(24)23-16(12-25-11-14-7-5-4-6-8-14)13-26-18-17(23)9-15(21)10-22-18/h4-10,16H,11-13H2,1-3H3/t16-/m0/s1. The van der Waals surface area contributed by atoms with E-state index >= 15 is 0 Å². The average molecular weight is 435 g/mol. The van der Waals surface area contributed by atoms with Crippen molar-refractivity contribution in [1.29, 1.82) is 0 Å². The van der Waals surface area contributed by atoms with Crippen molar-refractivity contribution in [3.05, 3.63) is 52.6 Å². The van der Waals surface area contributed by atoms with Crippen LogP contribution in [0.1, 0.15) is 26.3 Å². The van der Waals surface area contributed by atoms with E-state index in [0.717, 1.165) is 10.0 Å². The molecular formula is C20H23BrN2O4. The van der Waals surface area contributed by atoms with Crippen LogP contribution < -0.4 is 9.64 Å². The number of pyridine rings is 1. The summed E-state index contributed by atoms with van der Waals surface area (Å²) in [4.78, 5) is 18.7. The number of hydrogen-bond donors (Lipinski definition) is 0. The van der Waals surface area contributed by atoms with Crippen LogP contribution in [0.3, 0.4) is 0 Å². The number of fused-ring (bicyclic) bond motifs is 1. The molecule has 6 nitrogen and oxygen atoms in total. The molecule has 2 aromatic rings. The molecule has 0 saturated carbocycles. The number of ether oxygens (including phenoxy) is 3. The van der Waals surface area contributed by atoms with E-state index in [9.17, 15) is 4.79 Å². The maximum absolute atomic E-state index is 12.9. The van der Waals surface area contributed by atoms with Gasteiger partial charge in [0.2, 0.25) is 5.88 Å². The van der Waals surface area contributed by atoms with Gasteiger partial charge in [0, 0.05) is 10.7 Å². The maximum Gasteiger partial charge on any atom is 0.415 e. The van der Waals surface area contributed by atoms with E-state index in [1.54, 1.807) is 17.2 Å². The lowest BCUT2D eigenvalue weighted by Gasteiger charge is -2.37. The molecule has 0 N–H and O–H groups in total. The van der Waals surface area contributed by atoms with Crippen LogP contribution in [0.15, 0.2) is 47.1 Å². The first-order valence-electron chi connectivity index (χ1n) is 8.76. The van der Waals surface area contributed by atoms with Gasteiger partial charge in [0.05, 0.1) is 19.3 Å². The minimum atomic E-state index is -0.607. The van der Waals surface area contributed by atoms with Crippen molar-refractivity contribution in [2.24, 2.45) is 0 Å². The molecule has 1 amide bonds. The molecule has 1 atom stereocenters. The van der Waals surface area contributed by atoms with Crippen molar-refractivity contribution >= 4 is 27.7 Å². The monoisotopic (exact) mass is 434 g/mol. The van der Waals surface area contributed by atoms with Gasteiger partial charge in [0.1, 0.15) is 17.9 Å². The quantitative estimate of drug-likeness (QED) is 0.705. The second-order valence-electron chi connectivity index (χ2n) is 7.29. The molecule has 27 heavy (non-hydrogen) atoms. The molecule has 2 heterocycles. The smallest absolute Gasteiger partial charge is 0.415 e. The lowest BCUT2D eigenvalue weighted by molar-refractivity contribution is 0.0449. The Balaban J connectivity index is 1.77. The van der Waals surface area contributed by atoms with E-state index in [2.05, 4.69) is 20.9 Å². The van der Waals surface area contributed by atoms with Gasteiger partial charge in [-0.05, 0) is 48.3 Å². The minimum absolute atomic E-state index is 0.287. The maximum atomic E-state index is 12.9. The van der Waals surface area contributed by atoms with E-state index in [-0.39, 0.29) is 12.6 Å². The van der Waals surface area contributed by atoms with E-state index < -0.39 is 11.7 Å². The Morgan fingerprint density at radius 3 is 2.78 bits per heavy atom. The number of benzene rings is 1. The number of amides is 1. The van der Waals surface area contributed by atoms with Crippen LogP contribution in [0.25, 0.3) is 0 Å². The first-order valence-corrected chi connectivity index (χ1v) is 9.55. The predicted molar refractivity (Wildman–Crippen MR) is 106 cm³/mol. The highest BCUT2D eigenvalue weighted by Gasteiger charge is 2.36. The topological polar surface area (TPSA) is 60.9 Å². The molecule has 1 aliphatic rings. The minimum Gasteiger partial charge on any atom is -0.474 e. The lowest BCUT2D eigenvalue weighted by atomic mass is 10.2. The van der Waals surface area contributed by atoms with Crippen molar-refractivity contribution in [3.63, 3.8) is 0 Å². The summed E-state index contributed by atoms with van der Waals surface area (Å²) >= 11 is 3.40. The second kappa shape index (κ2) is 8.27. The number of hydrogen-bond acceptors (Lipinski definition) is 5. The molecule has 1 aliphatic heterocycles. The Morgan fingerprint density at radius 2 is 2.07 bits per heavy atom. The zero-order valence-electron chi connectivity index (χ0n) is 15.6. The summed E-state index contributed by atoms with van der Waals surface area (Å²) in [7, 11) is 0. The summed E-state index contributed by atoms with van der Waals surface area (Å²) in [6.45, 7) is 6.59. The molecule has 0 bridgehead atoms. The zero-order valence-corrected chi connectivity index (χ0v) is 17.2. The van der Waals surface area contributed by atoms with Gasteiger partial charge >= 0.3 is 6.09 Å². The molecule has 144 valence electrons. The normalized spacial score (nSPS) is 16.4. The predicted octanol–water partition coefficient (Wildman–Crippen LogP) is 4.56. The van der Waals surface area contributed by atoms with Gasteiger partial charge in [-0.25, -0.2) is 9.78 Å². The summed E-state index contributed by atoms with van der Waals surface area (Å²) in [6, 6.07) is 11.4. The largest absolute Gasteiger partial charge is 0.474 e. The summed E-state index contributed by atoms with van der Waals surface area (Å²) in [5.74, 6) is 0.406. The Kier molecular flexibility index (Phi) is 6.01. The van der Waals surface area contributed by atoms with Crippen molar-refractivity contribution in [1.82, 2.24) is 4.98 Å². The Labute approximate surface area is 167 Å². The van der Waals surface area contributed by atoms with Crippen LogP contribution in [0.4, 0.5) is 10.5 Å². The third-order valence-electron chi connectivity index (χ3n) is 3.85. The van der Waals surface area contributed by atoms with Crippen molar-refractivity contribution in [3.8, 4) is 5.88 Å². The van der Waals surface area contributed by atoms with Crippen LogP contribution in [0, 0.1) is 0 Å². The number of nitrogens with zero attached hydrogens (tertiary/aromatic N) is 2. The number of rotatable bonds is 4. The van der Waals surface area contributed by atoms with Crippen LogP contribution >= 0.6 is 15.9 Å². The fourth-order valence-corrected chi connectivity index (χ4v) is 3.03. The molecule has 0 fully saturated rings. The van der Waals surface area contributed by atoms with Gasteiger partial charge in [-0.1, -0.05) is 30.3 Å². The van der Waals surface area contributed by atoms with Crippen molar-refractivity contribution in [2.75, 3.05) is 18.1 Å². The molecule has 1 aromatic carbocycles.